The molecule has 0 radical (unpaired) electrons. The number of aliphatic carboxylic acids is 1. The maximum atomic E-state index is 12.2. The van der Waals surface area contributed by atoms with E-state index in [2.05, 4.69) is 27.7 Å². The highest BCUT2D eigenvalue weighted by molar-refractivity contribution is 5.82. The molecule has 1 aliphatic heterocycles. The highest BCUT2D eigenvalue weighted by Gasteiger charge is 2.67. The fraction of sp³-hybridized carbons (Fsp3) is 0.895. The lowest BCUT2D eigenvalue weighted by Gasteiger charge is -2.60. The van der Waals surface area contributed by atoms with Crippen LogP contribution in [0.2, 0.25) is 0 Å². The molecule has 0 unspecified atom stereocenters. The van der Waals surface area contributed by atoms with Crippen LogP contribution in [-0.4, -0.2) is 51.5 Å². The number of carboxylic acid groups (broad SMARTS) is 1. The summed E-state index contributed by atoms with van der Waals surface area (Å²) in [4.78, 5) is 25.7. The van der Waals surface area contributed by atoms with Crippen molar-refractivity contribution >= 4 is 12.1 Å². The number of hydrogen-bond acceptors (Lipinski definition) is 4. The molecule has 2 rings (SSSR count). The molecule has 0 atom stereocenters. The number of carbonyl (C=O) groups is 2. The monoisotopic (exact) mass is 355 g/mol. The number of hydrogen-bond donors (Lipinski definition) is 2. The second kappa shape index (κ2) is 5.60. The van der Waals surface area contributed by atoms with Crippen molar-refractivity contribution in [1.29, 1.82) is 0 Å². The third kappa shape index (κ3) is 3.78. The zero-order valence-electron chi connectivity index (χ0n) is 16.6. The molecule has 0 bridgehead atoms. The van der Waals surface area contributed by atoms with Gasteiger partial charge in [-0.15, -0.1) is 0 Å². The predicted octanol–water partition coefficient (Wildman–Crippen LogP) is 3.28. The first-order chi connectivity index (χ1) is 11.0. The van der Waals surface area contributed by atoms with E-state index in [-0.39, 0.29) is 23.9 Å². The number of amides is 1. The molecule has 2 aliphatic rings. The molecule has 1 saturated heterocycles. The molecule has 0 aromatic carbocycles. The summed E-state index contributed by atoms with van der Waals surface area (Å²) in [6, 6.07) is 0. The van der Waals surface area contributed by atoms with Crippen LogP contribution >= 0.6 is 0 Å². The normalized spacial score (nSPS) is 26.5. The van der Waals surface area contributed by atoms with Crippen molar-refractivity contribution in [2.45, 2.75) is 78.9 Å². The summed E-state index contributed by atoms with van der Waals surface area (Å²) in [6.45, 7) is 13.6. The van der Waals surface area contributed by atoms with Crippen LogP contribution in [0.5, 0.6) is 0 Å². The summed E-state index contributed by atoms with van der Waals surface area (Å²) in [6.07, 6.45) is 1.23. The lowest BCUT2D eigenvalue weighted by atomic mass is 9.51. The van der Waals surface area contributed by atoms with E-state index in [0.29, 0.717) is 12.8 Å². The van der Waals surface area contributed by atoms with Gasteiger partial charge in [0.1, 0.15) is 11.0 Å². The number of carbonyl (C=O) groups excluding carboxylic acids is 1. The lowest BCUT2D eigenvalue weighted by Crippen LogP contribution is -2.74. The van der Waals surface area contributed by atoms with Crippen molar-refractivity contribution in [3.8, 4) is 0 Å². The Morgan fingerprint density at radius 2 is 1.40 bits per heavy atom. The number of carboxylic acids is 1. The van der Waals surface area contributed by atoms with Gasteiger partial charge in [-0.05, 0) is 50.9 Å². The quantitative estimate of drug-likeness (QED) is 0.794. The molecule has 0 aromatic rings. The topological polar surface area (TPSA) is 87.1 Å². The van der Waals surface area contributed by atoms with Crippen molar-refractivity contribution in [2.75, 3.05) is 13.1 Å². The van der Waals surface area contributed by atoms with Crippen LogP contribution in [0.4, 0.5) is 4.79 Å². The number of aliphatic hydroxyl groups is 1. The lowest BCUT2D eigenvalue weighted by molar-refractivity contribution is -0.220. The zero-order chi connectivity index (χ0) is 19.5. The van der Waals surface area contributed by atoms with E-state index < -0.39 is 28.7 Å². The standard InChI is InChI=1S/C19H33NO5/c1-15(2,3)25-14(23)20-11-18(12-20,13(21)22)19(24)9-16(4,5)8-17(6,7)10-19/h24H,8-12H2,1-7H3,(H,21,22). The van der Waals surface area contributed by atoms with E-state index in [1.54, 1.807) is 20.8 Å². The first-order valence-electron chi connectivity index (χ1n) is 8.95. The van der Waals surface area contributed by atoms with Gasteiger partial charge < -0.3 is 19.8 Å². The van der Waals surface area contributed by atoms with Crippen LogP contribution in [0, 0.1) is 16.2 Å². The van der Waals surface area contributed by atoms with Crippen molar-refractivity contribution in [3.63, 3.8) is 0 Å². The van der Waals surface area contributed by atoms with Crippen LogP contribution < -0.4 is 0 Å². The van der Waals surface area contributed by atoms with E-state index >= 15 is 0 Å². The van der Waals surface area contributed by atoms with Crippen molar-refractivity contribution < 1.29 is 24.5 Å². The minimum atomic E-state index is -1.34. The first-order valence-corrected chi connectivity index (χ1v) is 8.95. The molecule has 6 nitrogen and oxygen atoms in total. The average molecular weight is 355 g/mol. The fourth-order valence-corrected chi connectivity index (χ4v) is 5.09. The molecule has 2 N–H and O–H groups in total. The van der Waals surface area contributed by atoms with Crippen LogP contribution in [0.15, 0.2) is 0 Å². The summed E-state index contributed by atoms with van der Waals surface area (Å²) in [7, 11) is 0. The van der Waals surface area contributed by atoms with Gasteiger partial charge in [0.25, 0.3) is 0 Å². The van der Waals surface area contributed by atoms with Crippen LogP contribution in [-0.2, 0) is 9.53 Å². The molecule has 1 aliphatic carbocycles. The molecular formula is C19H33NO5. The van der Waals surface area contributed by atoms with Gasteiger partial charge in [0, 0.05) is 13.1 Å². The minimum Gasteiger partial charge on any atom is -0.481 e. The molecule has 144 valence electrons. The molecule has 0 spiro atoms. The predicted molar refractivity (Wildman–Crippen MR) is 94.2 cm³/mol. The second-order valence-corrected chi connectivity index (χ2v) is 10.6. The number of nitrogens with zero attached hydrogens (tertiary/aromatic N) is 1. The van der Waals surface area contributed by atoms with Crippen LogP contribution in [0.25, 0.3) is 0 Å². The maximum Gasteiger partial charge on any atom is 0.410 e. The molecular weight excluding hydrogens is 322 g/mol. The number of likely N-dealkylation sites (tertiary alicyclic amines) is 1. The highest BCUT2D eigenvalue weighted by atomic mass is 16.6. The Bertz CT molecular complexity index is 551. The van der Waals surface area contributed by atoms with Gasteiger partial charge in [0.2, 0.25) is 0 Å². The molecule has 0 aromatic heterocycles. The molecule has 6 heteroatoms. The summed E-state index contributed by atoms with van der Waals surface area (Å²) in [5, 5.41) is 21.4. The van der Waals surface area contributed by atoms with Gasteiger partial charge in [0.15, 0.2) is 0 Å². The Balaban J connectivity index is 2.25. The molecule has 1 saturated carbocycles. The smallest absolute Gasteiger partial charge is 0.410 e. The van der Waals surface area contributed by atoms with Gasteiger partial charge in [-0.25, -0.2) is 4.79 Å². The van der Waals surface area contributed by atoms with Gasteiger partial charge in [-0.2, -0.15) is 0 Å². The summed E-state index contributed by atoms with van der Waals surface area (Å²) in [5.74, 6) is -1.04. The minimum absolute atomic E-state index is 0.0140. The van der Waals surface area contributed by atoms with Gasteiger partial charge in [-0.3, -0.25) is 4.79 Å². The fourth-order valence-electron chi connectivity index (χ4n) is 5.09. The third-order valence-corrected chi connectivity index (χ3v) is 5.37. The largest absolute Gasteiger partial charge is 0.481 e. The SMILES string of the molecule is CC1(C)CC(C)(C)CC(O)(C2(C(=O)O)CN(C(=O)OC(C)(C)C)C2)C1. The maximum absolute atomic E-state index is 12.2. The average Bonchev–Trinajstić information content (AvgIpc) is 2.16. The Morgan fingerprint density at radius 1 is 0.960 bits per heavy atom. The van der Waals surface area contributed by atoms with Gasteiger partial charge in [-0.1, -0.05) is 27.7 Å². The molecule has 1 heterocycles. The van der Waals surface area contributed by atoms with E-state index in [0.717, 1.165) is 6.42 Å². The Kier molecular flexibility index (Phi) is 4.48. The molecule has 2 fully saturated rings. The summed E-state index contributed by atoms with van der Waals surface area (Å²) < 4.78 is 5.33. The van der Waals surface area contributed by atoms with Crippen LogP contribution in [0.3, 0.4) is 0 Å². The van der Waals surface area contributed by atoms with Gasteiger partial charge >= 0.3 is 12.1 Å². The Hall–Kier alpha value is -1.30. The Labute approximate surface area is 150 Å². The van der Waals surface area contributed by atoms with Gasteiger partial charge in [0.05, 0.1) is 5.60 Å². The second-order valence-electron chi connectivity index (χ2n) is 10.6. The summed E-state index contributed by atoms with van der Waals surface area (Å²) >= 11 is 0. The zero-order valence-corrected chi connectivity index (χ0v) is 16.6. The van der Waals surface area contributed by atoms with E-state index in [4.69, 9.17) is 4.74 Å². The van der Waals surface area contributed by atoms with E-state index in [9.17, 15) is 19.8 Å². The first kappa shape index (κ1) is 20.0. The van der Waals surface area contributed by atoms with E-state index in [1.165, 1.54) is 4.90 Å². The van der Waals surface area contributed by atoms with Crippen molar-refractivity contribution in [2.24, 2.45) is 16.2 Å². The highest BCUT2D eigenvalue weighted by Crippen LogP contribution is 2.58. The van der Waals surface area contributed by atoms with Crippen LogP contribution in [0.1, 0.15) is 67.7 Å². The molecule has 25 heavy (non-hydrogen) atoms. The van der Waals surface area contributed by atoms with E-state index in [1.807, 2.05) is 0 Å². The number of ether oxygens (including phenoxy) is 1. The van der Waals surface area contributed by atoms with Crippen molar-refractivity contribution in [3.05, 3.63) is 0 Å². The molecule has 1 amide bonds. The summed E-state index contributed by atoms with van der Waals surface area (Å²) in [5.41, 5.74) is -3.64. The van der Waals surface area contributed by atoms with Crippen molar-refractivity contribution in [1.82, 2.24) is 4.90 Å². The number of rotatable bonds is 2. The third-order valence-electron chi connectivity index (χ3n) is 5.37. The Morgan fingerprint density at radius 3 is 1.76 bits per heavy atom.